The molecule has 1 aromatic heterocycles. The molecular weight excluding hydrogens is 230 g/mol. The van der Waals surface area contributed by atoms with Crippen molar-refractivity contribution >= 4 is 5.91 Å². The van der Waals surface area contributed by atoms with Gasteiger partial charge < -0.3 is 14.8 Å². The molecule has 2 aromatic rings. The number of nitrogens with one attached hydrogen (secondary N) is 1. The Kier molecular flexibility index (Phi) is 4.15. The molecule has 2 rings (SSSR count). The lowest BCUT2D eigenvalue weighted by atomic mass is 10.1. The van der Waals surface area contributed by atoms with Crippen LogP contribution >= 0.6 is 0 Å². The third kappa shape index (κ3) is 3.46. The molecule has 0 fully saturated rings. The maximum absolute atomic E-state index is 11.5. The average molecular weight is 245 g/mol. The van der Waals surface area contributed by atoms with E-state index in [-0.39, 0.29) is 18.2 Å². The minimum atomic E-state index is -0.605. The summed E-state index contributed by atoms with van der Waals surface area (Å²) in [6, 6.07) is 12.9. The quantitative estimate of drug-likeness (QED) is 0.841. The number of aliphatic hydroxyl groups excluding tert-OH is 1. The van der Waals surface area contributed by atoms with Crippen LogP contribution in [0.1, 0.15) is 16.1 Å². The van der Waals surface area contributed by atoms with Crippen molar-refractivity contribution < 1.29 is 14.3 Å². The number of furan rings is 1. The largest absolute Gasteiger partial charge is 0.459 e. The summed E-state index contributed by atoms with van der Waals surface area (Å²) in [7, 11) is 0. The Hall–Kier alpha value is -2.07. The van der Waals surface area contributed by atoms with Crippen LogP contribution in [0.25, 0.3) is 0 Å². The number of hydrogen-bond acceptors (Lipinski definition) is 3. The van der Waals surface area contributed by atoms with Crippen LogP contribution in [0.4, 0.5) is 0 Å². The summed E-state index contributed by atoms with van der Waals surface area (Å²) in [5.41, 5.74) is 1.04. The molecule has 0 saturated carbocycles. The Bertz CT molecular complexity index is 479. The van der Waals surface area contributed by atoms with Crippen LogP contribution in [-0.2, 0) is 6.42 Å². The second-order valence-electron chi connectivity index (χ2n) is 4.03. The van der Waals surface area contributed by atoms with Crippen LogP contribution < -0.4 is 5.32 Å². The van der Waals surface area contributed by atoms with Gasteiger partial charge in [0.05, 0.1) is 12.4 Å². The van der Waals surface area contributed by atoms with Crippen LogP contribution in [0.3, 0.4) is 0 Å². The molecule has 1 atom stereocenters. The third-order valence-electron chi connectivity index (χ3n) is 2.56. The lowest BCUT2D eigenvalue weighted by molar-refractivity contribution is 0.0888. The van der Waals surface area contributed by atoms with E-state index in [2.05, 4.69) is 5.32 Å². The molecule has 0 radical (unpaired) electrons. The molecule has 1 heterocycles. The first-order valence-corrected chi connectivity index (χ1v) is 5.79. The van der Waals surface area contributed by atoms with Gasteiger partial charge in [0.2, 0.25) is 0 Å². The zero-order chi connectivity index (χ0) is 12.8. The number of carbonyl (C=O) groups is 1. The van der Waals surface area contributed by atoms with Crippen molar-refractivity contribution in [2.75, 3.05) is 6.54 Å². The van der Waals surface area contributed by atoms with Gasteiger partial charge in [-0.15, -0.1) is 0 Å². The van der Waals surface area contributed by atoms with Gasteiger partial charge in [-0.1, -0.05) is 30.3 Å². The van der Waals surface area contributed by atoms with Crippen molar-refractivity contribution in [2.45, 2.75) is 12.5 Å². The smallest absolute Gasteiger partial charge is 0.287 e. The van der Waals surface area contributed by atoms with Gasteiger partial charge in [-0.05, 0) is 17.7 Å². The normalized spacial score (nSPS) is 12.1. The molecular formula is C14H15NO3. The predicted octanol–water partition coefficient (Wildman–Crippen LogP) is 1.61. The van der Waals surface area contributed by atoms with Gasteiger partial charge in [-0.3, -0.25) is 4.79 Å². The molecule has 1 unspecified atom stereocenters. The van der Waals surface area contributed by atoms with Gasteiger partial charge in [0.15, 0.2) is 5.76 Å². The van der Waals surface area contributed by atoms with Gasteiger partial charge in [-0.25, -0.2) is 0 Å². The minimum absolute atomic E-state index is 0.203. The lowest BCUT2D eigenvalue weighted by Crippen LogP contribution is -2.32. The second kappa shape index (κ2) is 6.02. The van der Waals surface area contributed by atoms with Gasteiger partial charge in [0, 0.05) is 13.0 Å². The third-order valence-corrected chi connectivity index (χ3v) is 2.56. The van der Waals surface area contributed by atoms with Gasteiger partial charge >= 0.3 is 0 Å². The van der Waals surface area contributed by atoms with E-state index in [0.29, 0.717) is 6.42 Å². The Morgan fingerprint density at radius 1 is 1.22 bits per heavy atom. The zero-order valence-electron chi connectivity index (χ0n) is 9.87. The minimum Gasteiger partial charge on any atom is -0.459 e. The van der Waals surface area contributed by atoms with Crippen LogP contribution in [-0.4, -0.2) is 23.7 Å². The maximum Gasteiger partial charge on any atom is 0.287 e. The van der Waals surface area contributed by atoms with Gasteiger partial charge in [-0.2, -0.15) is 0 Å². The molecule has 94 valence electrons. The summed E-state index contributed by atoms with van der Waals surface area (Å²) < 4.78 is 4.95. The molecule has 0 bridgehead atoms. The van der Waals surface area contributed by atoms with E-state index in [0.717, 1.165) is 5.56 Å². The number of rotatable bonds is 5. The predicted molar refractivity (Wildman–Crippen MR) is 67.2 cm³/mol. The van der Waals surface area contributed by atoms with E-state index in [1.165, 1.54) is 6.26 Å². The van der Waals surface area contributed by atoms with E-state index in [1.54, 1.807) is 12.1 Å². The number of aliphatic hydroxyl groups is 1. The van der Waals surface area contributed by atoms with Crippen LogP contribution in [0.15, 0.2) is 53.1 Å². The van der Waals surface area contributed by atoms with Crippen molar-refractivity contribution in [1.29, 1.82) is 0 Å². The Morgan fingerprint density at radius 2 is 2.00 bits per heavy atom. The number of benzene rings is 1. The highest BCUT2D eigenvalue weighted by molar-refractivity contribution is 5.91. The number of hydrogen-bond donors (Lipinski definition) is 2. The van der Waals surface area contributed by atoms with Gasteiger partial charge in [0.25, 0.3) is 5.91 Å². The van der Waals surface area contributed by atoms with E-state index >= 15 is 0 Å². The summed E-state index contributed by atoms with van der Waals surface area (Å²) in [5.74, 6) is -0.0611. The highest BCUT2D eigenvalue weighted by atomic mass is 16.3. The summed E-state index contributed by atoms with van der Waals surface area (Å²) in [6.45, 7) is 0.203. The monoisotopic (exact) mass is 245 g/mol. The molecule has 0 aliphatic rings. The first kappa shape index (κ1) is 12.4. The second-order valence-corrected chi connectivity index (χ2v) is 4.03. The van der Waals surface area contributed by atoms with Crippen LogP contribution in [0.5, 0.6) is 0 Å². The van der Waals surface area contributed by atoms with E-state index in [4.69, 9.17) is 4.42 Å². The van der Waals surface area contributed by atoms with Crippen molar-refractivity contribution in [2.24, 2.45) is 0 Å². The van der Waals surface area contributed by atoms with E-state index < -0.39 is 6.10 Å². The van der Waals surface area contributed by atoms with Crippen molar-refractivity contribution in [1.82, 2.24) is 5.32 Å². The highest BCUT2D eigenvalue weighted by Gasteiger charge is 2.11. The van der Waals surface area contributed by atoms with Crippen molar-refractivity contribution in [3.63, 3.8) is 0 Å². The Labute approximate surface area is 105 Å². The summed E-state index contributed by atoms with van der Waals surface area (Å²) in [6.07, 6.45) is 1.35. The molecule has 4 heteroatoms. The van der Waals surface area contributed by atoms with Gasteiger partial charge in [0.1, 0.15) is 0 Å². The SMILES string of the molecule is O=C(NCC(O)Cc1ccccc1)c1ccco1. The topological polar surface area (TPSA) is 62.5 Å². The molecule has 0 aliphatic carbocycles. The lowest BCUT2D eigenvalue weighted by Gasteiger charge is -2.11. The summed E-state index contributed by atoms with van der Waals surface area (Å²) in [4.78, 5) is 11.5. The summed E-state index contributed by atoms with van der Waals surface area (Å²) >= 11 is 0. The molecule has 4 nitrogen and oxygen atoms in total. The van der Waals surface area contributed by atoms with Crippen LogP contribution in [0, 0.1) is 0 Å². The average Bonchev–Trinajstić information content (AvgIpc) is 2.91. The first-order valence-electron chi connectivity index (χ1n) is 5.79. The molecule has 1 amide bonds. The first-order chi connectivity index (χ1) is 8.75. The Morgan fingerprint density at radius 3 is 2.67 bits per heavy atom. The standard InChI is InChI=1S/C14H15NO3/c16-12(9-11-5-2-1-3-6-11)10-15-14(17)13-7-4-8-18-13/h1-8,12,16H,9-10H2,(H,15,17). The Balaban J connectivity index is 1.78. The number of amides is 1. The van der Waals surface area contributed by atoms with E-state index in [1.807, 2.05) is 30.3 Å². The molecule has 0 saturated heterocycles. The highest BCUT2D eigenvalue weighted by Crippen LogP contribution is 2.03. The maximum atomic E-state index is 11.5. The zero-order valence-corrected chi connectivity index (χ0v) is 9.87. The molecule has 18 heavy (non-hydrogen) atoms. The fourth-order valence-electron chi connectivity index (χ4n) is 1.66. The molecule has 0 spiro atoms. The van der Waals surface area contributed by atoms with Crippen molar-refractivity contribution in [3.05, 3.63) is 60.1 Å². The molecule has 0 aliphatic heterocycles. The fraction of sp³-hybridized carbons (Fsp3) is 0.214. The molecule has 1 aromatic carbocycles. The molecule has 2 N–H and O–H groups in total. The van der Waals surface area contributed by atoms with Crippen molar-refractivity contribution in [3.8, 4) is 0 Å². The summed E-state index contributed by atoms with van der Waals surface area (Å²) in [5, 5.41) is 12.4. The fourth-order valence-corrected chi connectivity index (χ4v) is 1.66. The van der Waals surface area contributed by atoms with Crippen LogP contribution in [0.2, 0.25) is 0 Å². The number of carbonyl (C=O) groups excluding carboxylic acids is 1. The van der Waals surface area contributed by atoms with E-state index in [9.17, 15) is 9.90 Å².